The summed E-state index contributed by atoms with van der Waals surface area (Å²) < 4.78 is 5.16. The lowest BCUT2D eigenvalue weighted by Crippen LogP contribution is -2.41. The second-order valence-corrected chi connectivity index (χ2v) is 7.23. The fourth-order valence-corrected chi connectivity index (χ4v) is 3.61. The monoisotopic (exact) mass is 400 g/mol. The standard InChI is InChI=1S/C20H20N2O5S/c23-13-15(11-14-5-2-1-3-6-14)21-18(24)8-9-22-19(25)17(28-20(22)26)12-16-7-4-10-27-16/h1-7,10,12,15,23H,8-9,11,13H2,(H,21,24)/b17-12-/t15-/m0/s1. The number of carbonyl (C=O) groups is 3. The Labute approximate surface area is 166 Å². The van der Waals surface area contributed by atoms with Crippen LogP contribution < -0.4 is 5.32 Å². The number of furan rings is 1. The summed E-state index contributed by atoms with van der Waals surface area (Å²) in [5.74, 6) is -0.291. The molecular weight excluding hydrogens is 380 g/mol. The maximum atomic E-state index is 12.4. The number of rotatable bonds is 8. The second kappa shape index (κ2) is 9.38. The number of amides is 3. The van der Waals surface area contributed by atoms with Crippen LogP contribution in [0.2, 0.25) is 0 Å². The average Bonchev–Trinajstić information content (AvgIpc) is 3.29. The number of hydrogen-bond donors (Lipinski definition) is 2. The molecule has 0 radical (unpaired) electrons. The molecule has 2 aromatic rings. The molecule has 3 rings (SSSR count). The van der Waals surface area contributed by atoms with Gasteiger partial charge in [-0.25, -0.2) is 0 Å². The molecular formula is C20H20N2O5S. The van der Waals surface area contributed by atoms with E-state index in [2.05, 4.69) is 5.32 Å². The third kappa shape index (κ3) is 5.11. The predicted molar refractivity (Wildman–Crippen MR) is 105 cm³/mol. The van der Waals surface area contributed by atoms with Crippen LogP contribution in [0.5, 0.6) is 0 Å². The molecule has 2 heterocycles. The van der Waals surface area contributed by atoms with Gasteiger partial charge < -0.3 is 14.8 Å². The smallest absolute Gasteiger partial charge is 0.293 e. The first-order valence-electron chi connectivity index (χ1n) is 8.80. The van der Waals surface area contributed by atoms with Crippen LogP contribution in [0.3, 0.4) is 0 Å². The fourth-order valence-electron chi connectivity index (χ4n) is 2.77. The van der Waals surface area contributed by atoms with Crippen LogP contribution in [0.4, 0.5) is 4.79 Å². The summed E-state index contributed by atoms with van der Waals surface area (Å²) in [5.41, 5.74) is 0.996. The minimum absolute atomic E-state index is 0.0184. The largest absolute Gasteiger partial charge is 0.465 e. The Bertz CT molecular complexity index is 864. The van der Waals surface area contributed by atoms with Crippen LogP contribution in [0.15, 0.2) is 58.1 Å². The van der Waals surface area contributed by atoms with Crippen molar-refractivity contribution >= 4 is 34.9 Å². The van der Waals surface area contributed by atoms with E-state index in [4.69, 9.17) is 4.42 Å². The Morgan fingerprint density at radius 1 is 1.21 bits per heavy atom. The Morgan fingerprint density at radius 3 is 2.68 bits per heavy atom. The van der Waals surface area contributed by atoms with E-state index in [1.54, 1.807) is 12.1 Å². The minimum Gasteiger partial charge on any atom is -0.465 e. The van der Waals surface area contributed by atoms with Gasteiger partial charge in [-0.15, -0.1) is 0 Å². The van der Waals surface area contributed by atoms with Crippen molar-refractivity contribution in [2.45, 2.75) is 18.9 Å². The lowest BCUT2D eigenvalue weighted by atomic mass is 10.1. The molecule has 1 aromatic heterocycles. The van der Waals surface area contributed by atoms with Gasteiger partial charge in [0.15, 0.2) is 0 Å². The maximum Gasteiger partial charge on any atom is 0.293 e. The van der Waals surface area contributed by atoms with E-state index in [0.717, 1.165) is 22.2 Å². The zero-order chi connectivity index (χ0) is 19.9. The zero-order valence-electron chi connectivity index (χ0n) is 15.0. The molecule has 0 bridgehead atoms. The van der Waals surface area contributed by atoms with Gasteiger partial charge in [-0.05, 0) is 35.9 Å². The molecule has 3 amide bonds. The summed E-state index contributed by atoms with van der Waals surface area (Å²) in [5, 5.41) is 11.8. The van der Waals surface area contributed by atoms with Crippen LogP contribution in [0, 0.1) is 0 Å². The summed E-state index contributed by atoms with van der Waals surface area (Å²) in [6.07, 6.45) is 3.45. The van der Waals surface area contributed by atoms with Gasteiger partial charge >= 0.3 is 0 Å². The highest BCUT2D eigenvalue weighted by Crippen LogP contribution is 2.32. The van der Waals surface area contributed by atoms with E-state index in [9.17, 15) is 19.5 Å². The third-order valence-corrected chi connectivity index (χ3v) is 5.07. The number of nitrogens with zero attached hydrogens (tertiary/aromatic N) is 1. The molecule has 7 nitrogen and oxygen atoms in total. The van der Waals surface area contributed by atoms with Crippen LogP contribution in [0.1, 0.15) is 17.7 Å². The number of benzene rings is 1. The molecule has 8 heteroatoms. The number of aliphatic hydroxyl groups is 1. The summed E-state index contributed by atoms with van der Waals surface area (Å²) in [6, 6.07) is 12.5. The second-order valence-electron chi connectivity index (χ2n) is 6.24. The van der Waals surface area contributed by atoms with Crippen molar-refractivity contribution in [2.75, 3.05) is 13.2 Å². The molecule has 1 aliphatic heterocycles. The number of thioether (sulfide) groups is 1. The molecule has 146 valence electrons. The Balaban J connectivity index is 1.52. The van der Waals surface area contributed by atoms with Crippen LogP contribution in [0.25, 0.3) is 6.08 Å². The van der Waals surface area contributed by atoms with Crippen LogP contribution in [-0.2, 0) is 16.0 Å². The van der Waals surface area contributed by atoms with Crippen molar-refractivity contribution in [3.05, 3.63) is 65.0 Å². The van der Waals surface area contributed by atoms with Gasteiger partial charge in [0, 0.05) is 19.0 Å². The van der Waals surface area contributed by atoms with Crippen LogP contribution in [-0.4, -0.2) is 46.3 Å². The molecule has 0 saturated carbocycles. The summed E-state index contributed by atoms with van der Waals surface area (Å²) in [6.45, 7) is -0.219. The van der Waals surface area contributed by atoms with Gasteiger partial charge in [0.2, 0.25) is 5.91 Å². The number of imide groups is 1. The van der Waals surface area contributed by atoms with Crippen molar-refractivity contribution < 1.29 is 23.9 Å². The molecule has 1 atom stereocenters. The van der Waals surface area contributed by atoms with E-state index in [-0.39, 0.29) is 30.4 Å². The van der Waals surface area contributed by atoms with Crippen molar-refractivity contribution in [1.82, 2.24) is 10.2 Å². The van der Waals surface area contributed by atoms with E-state index in [0.29, 0.717) is 12.2 Å². The topological polar surface area (TPSA) is 99.9 Å². The predicted octanol–water partition coefficient (Wildman–Crippen LogP) is 2.43. The van der Waals surface area contributed by atoms with E-state index in [1.165, 1.54) is 12.3 Å². The number of aliphatic hydroxyl groups excluding tert-OH is 1. The quantitative estimate of drug-likeness (QED) is 0.660. The Morgan fingerprint density at radius 2 is 2.00 bits per heavy atom. The van der Waals surface area contributed by atoms with Gasteiger partial charge in [0.25, 0.3) is 11.1 Å². The molecule has 0 spiro atoms. The molecule has 1 aliphatic rings. The molecule has 2 N–H and O–H groups in total. The normalized spacial score (nSPS) is 16.6. The molecule has 1 aromatic carbocycles. The lowest BCUT2D eigenvalue weighted by Gasteiger charge is -2.18. The molecule has 1 saturated heterocycles. The van der Waals surface area contributed by atoms with Crippen molar-refractivity contribution in [1.29, 1.82) is 0 Å². The van der Waals surface area contributed by atoms with E-state index >= 15 is 0 Å². The first kappa shape index (κ1) is 19.9. The van der Waals surface area contributed by atoms with E-state index in [1.807, 2.05) is 30.3 Å². The van der Waals surface area contributed by atoms with Gasteiger partial charge in [0.1, 0.15) is 5.76 Å². The van der Waals surface area contributed by atoms with Gasteiger partial charge in [-0.1, -0.05) is 30.3 Å². The zero-order valence-corrected chi connectivity index (χ0v) is 15.9. The molecule has 0 unspecified atom stereocenters. The van der Waals surface area contributed by atoms with Crippen LogP contribution >= 0.6 is 11.8 Å². The maximum absolute atomic E-state index is 12.4. The minimum atomic E-state index is -0.442. The molecule has 1 fully saturated rings. The van der Waals surface area contributed by atoms with Gasteiger partial charge in [0.05, 0.1) is 23.8 Å². The number of carbonyl (C=O) groups excluding carboxylic acids is 3. The molecule has 0 aliphatic carbocycles. The Kier molecular flexibility index (Phi) is 6.67. The van der Waals surface area contributed by atoms with Crippen molar-refractivity contribution in [2.24, 2.45) is 0 Å². The highest BCUT2D eigenvalue weighted by Gasteiger charge is 2.35. The number of hydrogen-bond acceptors (Lipinski definition) is 6. The van der Waals surface area contributed by atoms with Crippen molar-refractivity contribution in [3.63, 3.8) is 0 Å². The highest BCUT2D eigenvalue weighted by atomic mass is 32.2. The Hall–Kier alpha value is -2.84. The average molecular weight is 400 g/mol. The first-order chi connectivity index (χ1) is 13.6. The molecule has 28 heavy (non-hydrogen) atoms. The van der Waals surface area contributed by atoms with E-state index < -0.39 is 17.2 Å². The summed E-state index contributed by atoms with van der Waals surface area (Å²) in [7, 11) is 0. The fraction of sp³-hybridized carbons (Fsp3) is 0.250. The third-order valence-electron chi connectivity index (χ3n) is 4.16. The summed E-state index contributed by atoms with van der Waals surface area (Å²) >= 11 is 0.819. The van der Waals surface area contributed by atoms with Gasteiger partial charge in [-0.3, -0.25) is 19.3 Å². The summed E-state index contributed by atoms with van der Waals surface area (Å²) in [4.78, 5) is 38.0. The lowest BCUT2D eigenvalue weighted by molar-refractivity contribution is -0.124. The SMILES string of the molecule is O=C(CCN1C(=O)S/C(=C\c2ccco2)C1=O)N[C@H](CO)Cc1ccccc1. The highest BCUT2D eigenvalue weighted by molar-refractivity contribution is 8.18. The van der Waals surface area contributed by atoms with Gasteiger partial charge in [-0.2, -0.15) is 0 Å². The van der Waals surface area contributed by atoms with Crippen molar-refractivity contribution in [3.8, 4) is 0 Å². The number of nitrogens with one attached hydrogen (secondary N) is 1. The first-order valence-corrected chi connectivity index (χ1v) is 9.61.